The predicted molar refractivity (Wildman–Crippen MR) is 75.0 cm³/mol. The summed E-state index contributed by atoms with van der Waals surface area (Å²) in [6.07, 6.45) is 0.285. The van der Waals surface area contributed by atoms with Gasteiger partial charge in [-0.05, 0) is 36.2 Å². The van der Waals surface area contributed by atoms with Crippen molar-refractivity contribution in [1.82, 2.24) is 4.37 Å². The van der Waals surface area contributed by atoms with Crippen molar-refractivity contribution in [3.63, 3.8) is 0 Å². The lowest BCUT2D eigenvalue weighted by Gasteiger charge is -2.03. The van der Waals surface area contributed by atoms with Crippen molar-refractivity contribution in [1.29, 1.82) is 0 Å². The van der Waals surface area contributed by atoms with E-state index >= 15 is 0 Å². The number of nitrogens with one attached hydrogen (secondary N) is 1. The van der Waals surface area contributed by atoms with Crippen molar-refractivity contribution in [2.24, 2.45) is 0 Å². The Balaban J connectivity index is 2.01. The van der Waals surface area contributed by atoms with E-state index in [2.05, 4.69) is 9.69 Å². The van der Waals surface area contributed by atoms with Gasteiger partial charge >= 0.3 is 0 Å². The van der Waals surface area contributed by atoms with Gasteiger partial charge in [0, 0.05) is 5.69 Å². The summed E-state index contributed by atoms with van der Waals surface area (Å²) < 4.78 is 4.07. The lowest BCUT2D eigenvalue weighted by Crippen LogP contribution is -2.13. The summed E-state index contributed by atoms with van der Waals surface area (Å²) in [6.45, 7) is 1.80. The molecule has 3 N–H and O–H groups in total. The van der Waals surface area contributed by atoms with E-state index in [1.165, 1.54) is 11.5 Å². The molecule has 4 nitrogen and oxygen atoms in total. The zero-order valence-corrected chi connectivity index (χ0v) is 11.3. The number of aryl methyl sites for hydroxylation is 1. The van der Waals surface area contributed by atoms with E-state index in [1.807, 2.05) is 12.1 Å². The average Bonchev–Trinajstić information content (AvgIpc) is 2.64. The minimum Gasteiger partial charge on any atom is -0.399 e. The summed E-state index contributed by atoms with van der Waals surface area (Å²) >= 11 is 7.18. The number of anilines is 2. The molecule has 0 atom stereocenters. The third kappa shape index (κ3) is 3.00. The van der Waals surface area contributed by atoms with Crippen LogP contribution in [0.1, 0.15) is 11.3 Å². The van der Waals surface area contributed by atoms with Gasteiger partial charge < -0.3 is 11.1 Å². The molecular formula is C12H12ClN3OS. The minimum absolute atomic E-state index is 0.120. The summed E-state index contributed by atoms with van der Waals surface area (Å²) in [5.74, 6) is -0.120. The smallest absolute Gasteiger partial charge is 0.229 e. The molecular weight excluding hydrogens is 270 g/mol. The summed E-state index contributed by atoms with van der Waals surface area (Å²) in [4.78, 5) is 11.8. The lowest BCUT2D eigenvalue weighted by molar-refractivity contribution is -0.115. The Kier molecular flexibility index (Phi) is 3.84. The Hall–Kier alpha value is -1.59. The number of aromatic nitrogens is 1. The van der Waals surface area contributed by atoms with Crippen LogP contribution in [0.25, 0.3) is 0 Å². The van der Waals surface area contributed by atoms with Crippen LogP contribution in [0.5, 0.6) is 0 Å². The molecule has 0 bridgehead atoms. The highest BCUT2D eigenvalue weighted by atomic mass is 35.5. The van der Waals surface area contributed by atoms with Crippen LogP contribution in [0.2, 0.25) is 5.02 Å². The second kappa shape index (κ2) is 5.37. The molecule has 2 rings (SSSR count). The van der Waals surface area contributed by atoms with Gasteiger partial charge in [0.15, 0.2) is 0 Å². The SMILES string of the molecule is Cc1nsc(NC(=O)Cc2ccc(N)cc2)c1Cl. The van der Waals surface area contributed by atoms with Gasteiger partial charge in [-0.2, -0.15) is 4.37 Å². The van der Waals surface area contributed by atoms with Gasteiger partial charge in [-0.1, -0.05) is 23.7 Å². The number of halogens is 1. The Morgan fingerprint density at radius 2 is 2.11 bits per heavy atom. The van der Waals surface area contributed by atoms with Crippen LogP contribution in [0.15, 0.2) is 24.3 Å². The van der Waals surface area contributed by atoms with E-state index in [9.17, 15) is 4.79 Å². The fourth-order valence-electron chi connectivity index (χ4n) is 1.43. The number of nitrogens with two attached hydrogens (primary N) is 1. The fourth-order valence-corrected chi connectivity index (χ4v) is 2.38. The van der Waals surface area contributed by atoms with Crippen LogP contribution in [0.4, 0.5) is 10.7 Å². The molecule has 1 amide bonds. The molecule has 0 saturated heterocycles. The van der Waals surface area contributed by atoms with Gasteiger partial charge in [-0.25, -0.2) is 0 Å². The quantitative estimate of drug-likeness (QED) is 0.850. The molecule has 0 aliphatic heterocycles. The van der Waals surface area contributed by atoms with Crippen molar-refractivity contribution in [2.75, 3.05) is 11.1 Å². The molecule has 0 unspecified atom stereocenters. The Bertz CT molecular complexity index is 565. The van der Waals surface area contributed by atoms with Crippen LogP contribution in [-0.4, -0.2) is 10.3 Å². The number of carbonyl (C=O) groups is 1. The van der Waals surface area contributed by atoms with Crippen LogP contribution in [0, 0.1) is 6.92 Å². The number of nitrogens with zero attached hydrogens (tertiary/aromatic N) is 1. The lowest BCUT2D eigenvalue weighted by atomic mass is 10.1. The molecule has 1 aromatic heterocycles. The molecule has 2 aromatic rings. The maximum absolute atomic E-state index is 11.8. The van der Waals surface area contributed by atoms with Crippen LogP contribution < -0.4 is 11.1 Å². The molecule has 0 spiro atoms. The second-order valence-corrected chi connectivity index (χ2v) is 5.03. The molecule has 1 aromatic carbocycles. The maximum Gasteiger partial charge on any atom is 0.229 e. The van der Waals surface area contributed by atoms with Gasteiger partial charge in [0.25, 0.3) is 0 Å². The molecule has 0 aliphatic carbocycles. The van der Waals surface area contributed by atoms with Crippen LogP contribution in [0.3, 0.4) is 0 Å². The molecule has 0 radical (unpaired) electrons. The number of amides is 1. The Morgan fingerprint density at radius 3 is 2.67 bits per heavy atom. The van der Waals surface area contributed by atoms with E-state index in [-0.39, 0.29) is 12.3 Å². The van der Waals surface area contributed by atoms with Crippen molar-refractivity contribution >= 4 is 39.7 Å². The molecule has 0 fully saturated rings. The minimum atomic E-state index is -0.120. The zero-order chi connectivity index (χ0) is 13.1. The molecule has 18 heavy (non-hydrogen) atoms. The number of hydrogen-bond acceptors (Lipinski definition) is 4. The third-order valence-corrected chi connectivity index (χ3v) is 3.82. The summed E-state index contributed by atoms with van der Waals surface area (Å²) in [5, 5.41) is 3.85. The summed E-state index contributed by atoms with van der Waals surface area (Å²) in [5.41, 5.74) is 7.89. The molecule has 6 heteroatoms. The van der Waals surface area contributed by atoms with E-state index < -0.39 is 0 Å². The number of carbonyl (C=O) groups excluding carboxylic acids is 1. The van der Waals surface area contributed by atoms with Gasteiger partial charge in [0.1, 0.15) is 5.00 Å². The first-order chi connectivity index (χ1) is 8.56. The van der Waals surface area contributed by atoms with Crippen molar-refractivity contribution in [3.8, 4) is 0 Å². The normalized spacial score (nSPS) is 10.3. The zero-order valence-electron chi connectivity index (χ0n) is 9.74. The van der Waals surface area contributed by atoms with E-state index in [0.717, 1.165) is 11.3 Å². The highest BCUT2D eigenvalue weighted by molar-refractivity contribution is 7.11. The van der Waals surface area contributed by atoms with E-state index in [0.29, 0.717) is 15.7 Å². The first-order valence-electron chi connectivity index (χ1n) is 5.32. The molecule has 94 valence electrons. The molecule has 1 heterocycles. The van der Waals surface area contributed by atoms with E-state index in [4.69, 9.17) is 17.3 Å². The van der Waals surface area contributed by atoms with Gasteiger partial charge in [-0.15, -0.1) is 0 Å². The summed E-state index contributed by atoms with van der Waals surface area (Å²) in [7, 11) is 0. The average molecular weight is 282 g/mol. The number of nitrogen functional groups attached to an aromatic ring is 1. The highest BCUT2D eigenvalue weighted by Crippen LogP contribution is 2.29. The van der Waals surface area contributed by atoms with E-state index in [1.54, 1.807) is 19.1 Å². The molecule has 0 aliphatic rings. The Labute approximate surface area is 114 Å². The number of rotatable bonds is 3. The number of hydrogen-bond donors (Lipinski definition) is 2. The van der Waals surface area contributed by atoms with Crippen molar-refractivity contribution < 1.29 is 4.79 Å². The first kappa shape index (κ1) is 12.9. The second-order valence-electron chi connectivity index (χ2n) is 3.88. The monoisotopic (exact) mass is 281 g/mol. The number of benzene rings is 1. The predicted octanol–water partition coefficient (Wildman–Crippen LogP) is 2.87. The van der Waals surface area contributed by atoms with Gasteiger partial charge in [0.05, 0.1) is 17.1 Å². The van der Waals surface area contributed by atoms with Crippen LogP contribution >= 0.6 is 23.1 Å². The maximum atomic E-state index is 11.8. The topological polar surface area (TPSA) is 68.0 Å². The first-order valence-corrected chi connectivity index (χ1v) is 6.47. The Morgan fingerprint density at radius 1 is 1.44 bits per heavy atom. The summed E-state index contributed by atoms with van der Waals surface area (Å²) in [6, 6.07) is 7.20. The van der Waals surface area contributed by atoms with Gasteiger partial charge in [0.2, 0.25) is 5.91 Å². The van der Waals surface area contributed by atoms with Crippen molar-refractivity contribution in [3.05, 3.63) is 40.5 Å². The highest BCUT2D eigenvalue weighted by Gasteiger charge is 2.11. The van der Waals surface area contributed by atoms with Gasteiger partial charge in [-0.3, -0.25) is 4.79 Å². The standard InChI is InChI=1S/C12H12ClN3OS/c1-7-11(13)12(18-16-7)15-10(17)6-8-2-4-9(14)5-3-8/h2-5H,6,14H2,1H3,(H,15,17). The third-order valence-electron chi connectivity index (χ3n) is 2.39. The van der Waals surface area contributed by atoms with Crippen molar-refractivity contribution in [2.45, 2.75) is 13.3 Å². The fraction of sp³-hybridized carbons (Fsp3) is 0.167. The van der Waals surface area contributed by atoms with Crippen LogP contribution in [-0.2, 0) is 11.2 Å². The molecule has 0 saturated carbocycles. The largest absolute Gasteiger partial charge is 0.399 e.